The predicted molar refractivity (Wildman–Crippen MR) is 53.8 cm³/mol. The van der Waals surface area contributed by atoms with Crippen LogP contribution in [0.25, 0.3) is 0 Å². The molecule has 0 aliphatic carbocycles. The second-order valence-electron chi connectivity index (χ2n) is 2.89. The van der Waals surface area contributed by atoms with Crippen molar-refractivity contribution in [3.8, 4) is 0 Å². The molecular formula is C8H8BrNOS. The maximum Gasteiger partial charge on any atom is 0.244 e. The largest absolute Gasteiger partial charge is 0.303 e. The first-order chi connectivity index (χ1) is 5.61. The summed E-state index contributed by atoms with van der Waals surface area (Å²) in [7, 11) is 0. The van der Waals surface area contributed by atoms with Crippen molar-refractivity contribution in [2.75, 3.05) is 0 Å². The van der Waals surface area contributed by atoms with E-state index in [9.17, 15) is 4.79 Å². The average molecular weight is 246 g/mol. The molecule has 64 valence electrons. The minimum absolute atomic E-state index is 0.0244. The topological polar surface area (TPSA) is 20.3 Å². The molecule has 0 N–H and O–H groups in total. The lowest BCUT2D eigenvalue weighted by atomic mass is 10.2. The highest BCUT2D eigenvalue weighted by Crippen LogP contribution is 2.44. The number of alkyl halides is 1. The van der Waals surface area contributed by atoms with Crippen LogP contribution < -0.4 is 0 Å². The monoisotopic (exact) mass is 245 g/mol. The average Bonchev–Trinajstić information content (AvgIpc) is 2.08. The third-order valence-corrected chi connectivity index (χ3v) is 4.64. The van der Waals surface area contributed by atoms with Gasteiger partial charge in [-0.25, -0.2) is 0 Å². The van der Waals surface area contributed by atoms with E-state index < -0.39 is 0 Å². The van der Waals surface area contributed by atoms with Crippen molar-refractivity contribution in [3.63, 3.8) is 0 Å². The van der Waals surface area contributed by atoms with E-state index in [4.69, 9.17) is 0 Å². The second-order valence-corrected chi connectivity index (χ2v) is 5.09. The van der Waals surface area contributed by atoms with E-state index in [0.717, 1.165) is 10.5 Å². The van der Waals surface area contributed by atoms with Crippen LogP contribution in [-0.2, 0) is 4.79 Å². The molecule has 1 saturated heterocycles. The number of rotatable bonds is 0. The summed E-state index contributed by atoms with van der Waals surface area (Å²) in [6, 6.07) is 0. The Balaban J connectivity index is 2.28. The third-order valence-electron chi connectivity index (χ3n) is 2.05. The van der Waals surface area contributed by atoms with Crippen LogP contribution in [0.4, 0.5) is 0 Å². The number of thioether (sulfide) groups is 1. The van der Waals surface area contributed by atoms with Crippen LogP contribution in [-0.4, -0.2) is 21.0 Å². The number of carbonyl (C=O) groups excluding carboxylic acids is 1. The maximum absolute atomic E-state index is 11.2. The van der Waals surface area contributed by atoms with Gasteiger partial charge in [0.05, 0.1) is 0 Å². The summed E-state index contributed by atoms with van der Waals surface area (Å²) >= 11 is 4.98. The summed E-state index contributed by atoms with van der Waals surface area (Å²) in [5, 5.41) is 0.230. The first kappa shape index (κ1) is 8.38. The Morgan fingerprint density at radius 1 is 1.75 bits per heavy atom. The summed E-state index contributed by atoms with van der Waals surface area (Å²) in [4.78, 5) is 14.0. The minimum Gasteiger partial charge on any atom is -0.303 e. The van der Waals surface area contributed by atoms with E-state index >= 15 is 0 Å². The summed E-state index contributed by atoms with van der Waals surface area (Å²) in [5.74, 6) is 0.152. The molecule has 2 atom stereocenters. The maximum atomic E-state index is 11.2. The zero-order valence-corrected chi connectivity index (χ0v) is 8.98. The zero-order valence-electron chi connectivity index (χ0n) is 6.58. The molecule has 0 aromatic rings. The van der Waals surface area contributed by atoms with Gasteiger partial charge in [-0.3, -0.25) is 4.79 Å². The molecule has 1 amide bonds. The number of fused-ring (bicyclic) bond motifs is 1. The second kappa shape index (κ2) is 2.64. The SMILES string of the molecule is C=C1S[C@H]2[C@@H](Br)C(=O)N2C=C1C. The molecule has 0 aromatic carbocycles. The molecule has 2 heterocycles. The van der Waals surface area contributed by atoms with Gasteiger partial charge in [0.15, 0.2) is 0 Å². The van der Waals surface area contributed by atoms with Crippen LogP contribution in [0.15, 0.2) is 23.3 Å². The molecule has 2 rings (SSSR count). The molecule has 1 fully saturated rings. The van der Waals surface area contributed by atoms with Crippen molar-refractivity contribution in [2.24, 2.45) is 0 Å². The standard InChI is InChI=1S/C8H8BrNOS/c1-4-3-10-7(11)6(9)8(10)12-5(4)2/h3,6,8H,2H2,1H3/t6-,8-/m0/s1. The van der Waals surface area contributed by atoms with Crippen molar-refractivity contribution in [1.29, 1.82) is 0 Å². The lowest BCUT2D eigenvalue weighted by Crippen LogP contribution is -2.58. The summed E-state index contributed by atoms with van der Waals surface area (Å²) < 4.78 is 0. The number of hydrogen-bond donors (Lipinski definition) is 0. The van der Waals surface area contributed by atoms with Gasteiger partial charge < -0.3 is 4.90 Å². The first-order valence-electron chi connectivity index (χ1n) is 3.62. The third kappa shape index (κ3) is 0.977. The van der Waals surface area contributed by atoms with Crippen molar-refractivity contribution < 1.29 is 4.79 Å². The molecule has 0 aromatic heterocycles. The number of amides is 1. The van der Waals surface area contributed by atoms with Gasteiger partial charge in [-0.2, -0.15) is 0 Å². The minimum atomic E-state index is -0.0244. The van der Waals surface area contributed by atoms with Crippen LogP contribution in [0.2, 0.25) is 0 Å². The molecule has 0 spiro atoms. The van der Waals surface area contributed by atoms with E-state index in [2.05, 4.69) is 22.5 Å². The predicted octanol–water partition coefficient (Wildman–Crippen LogP) is 2.08. The van der Waals surface area contributed by atoms with Gasteiger partial charge in [0, 0.05) is 11.1 Å². The molecule has 12 heavy (non-hydrogen) atoms. The number of carbonyl (C=O) groups is 1. The Hall–Kier alpha value is -0.220. The number of halogens is 1. The highest BCUT2D eigenvalue weighted by Gasteiger charge is 2.47. The molecule has 0 saturated carbocycles. The molecule has 0 unspecified atom stereocenters. The van der Waals surface area contributed by atoms with Crippen LogP contribution in [0, 0.1) is 0 Å². The van der Waals surface area contributed by atoms with Gasteiger partial charge in [-0.1, -0.05) is 34.3 Å². The molecule has 4 heteroatoms. The normalized spacial score (nSPS) is 34.2. The van der Waals surface area contributed by atoms with E-state index in [0.29, 0.717) is 0 Å². The van der Waals surface area contributed by atoms with E-state index in [-0.39, 0.29) is 16.1 Å². The van der Waals surface area contributed by atoms with Crippen molar-refractivity contribution in [2.45, 2.75) is 17.1 Å². The number of hydrogen-bond acceptors (Lipinski definition) is 2. The number of β-lactam (4-membered cyclic amide) rings is 1. The van der Waals surface area contributed by atoms with Crippen molar-refractivity contribution >= 4 is 33.6 Å². The Bertz CT molecular complexity index is 299. The fourth-order valence-electron chi connectivity index (χ4n) is 1.22. The zero-order chi connectivity index (χ0) is 8.88. The van der Waals surface area contributed by atoms with E-state index in [1.54, 1.807) is 16.7 Å². The van der Waals surface area contributed by atoms with Gasteiger partial charge in [0.1, 0.15) is 10.2 Å². The van der Waals surface area contributed by atoms with Crippen molar-refractivity contribution in [3.05, 3.63) is 23.3 Å². The van der Waals surface area contributed by atoms with E-state index in [1.807, 2.05) is 13.1 Å². The quantitative estimate of drug-likeness (QED) is 0.481. The highest BCUT2D eigenvalue weighted by atomic mass is 79.9. The Kier molecular flexibility index (Phi) is 1.84. The number of nitrogens with zero attached hydrogens (tertiary/aromatic N) is 1. The van der Waals surface area contributed by atoms with Crippen LogP contribution in [0.5, 0.6) is 0 Å². The Morgan fingerprint density at radius 2 is 2.42 bits per heavy atom. The summed E-state index contributed by atoms with van der Waals surface area (Å²) in [6.07, 6.45) is 1.88. The molecule has 2 aliphatic rings. The van der Waals surface area contributed by atoms with Gasteiger partial charge in [0.25, 0.3) is 0 Å². The van der Waals surface area contributed by atoms with Gasteiger partial charge >= 0.3 is 0 Å². The van der Waals surface area contributed by atoms with Crippen LogP contribution in [0.3, 0.4) is 0 Å². The molecule has 2 nitrogen and oxygen atoms in total. The highest BCUT2D eigenvalue weighted by molar-refractivity contribution is 9.10. The van der Waals surface area contributed by atoms with Crippen LogP contribution >= 0.6 is 27.7 Å². The Labute approximate surface area is 83.8 Å². The molecule has 2 aliphatic heterocycles. The fourth-order valence-corrected chi connectivity index (χ4v) is 3.08. The van der Waals surface area contributed by atoms with Gasteiger partial charge in [0.2, 0.25) is 5.91 Å². The fraction of sp³-hybridized carbons (Fsp3) is 0.375. The van der Waals surface area contributed by atoms with Crippen LogP contribution in [0.1, 0.15) is 6.92 Å². The first-order valence-corrected chi connectivity index (χ1v) is 5.41. The summed E-state index contributed by atoms with van der Waals surface area (Å²) in [6.45, 7) is 5.88. The lowest BCUT2D eigenvalue weighted by Gasteiger charge is -2.45. The Morgan fingerprint density at radius 3 is 3.08 bits per heavy atom. The van der Waals surface area contributed by atoms with Gasteiger partial charge in [-0.05, 0) is 12.5 Å². The molecule has 0 radical (unpaired) electrons. The van der Waals surface area contributed by atoms with E-state index in [1.165, 1.54) is 0 Å². The number of allylic oxidation sites excluding steroid dienone is 1. The molecular weight excluding hydrogens is 238 g/mol. The summed E-state index contributed by atoms with van der Waals surface area (Å²) in [5.41, 5.74) is 1.09. The van der Waals surface area contributed by atoms with Gasteiger partial charge in [-0.15, -0.1) is 0 Å². The smallest absolute Gasteiger partial charge is 0.244 e. The molecule has 0 bridgehead atoms. The lowest BCUT2D eigenvalue weighted by molar-refractivity contribution is -0.136. The van der Waals surface area contributed by atoms with Crippen molar-refractivity contribution in [1.82, 2.24) is 4.90 Å².